The lowest BCUT2D eigenvalue weighted by Gasteiger charge is -2.34. The van der Waals surface area contributed by atoms with Crippen LogP contribution in [0.25, 0.3) is 33.4 Å². The Morgan fingerprint density at radius 3 is 2.65 bits per heavy atom. The second kappa shape index (κ2) is 10.3. The Morgan fingerprint density at radius 2 is 1.90 bits per heavy atom. The third-order valence-electron chi connectivity index (χ3n) is 7.10. The number of anilines is 3. The normalized spacial score (nSPS) is 14.7. The van der Waals surface area contributed by atoms with Crippen molar-refractivity contribution in [3.05, 3.63) is 77.7 Å². The minimum atomic E-state index is -0.320. The molecule has 2 aromatic carbocycles. The number of fused-ring (bicyclic) bond motifs is 4. The van der Waals surface area contributed by atoms with Gasteiger partial charge >= 0.3 is 0 Å². The van der Waals surface area contributed by atoms with Crippen molar-refractivity contribution in [3.8, 4) is 5.75 Å². The van der Waals surface area contributed by atoms with Crippen molar-refractivity contribution in [1.82, 2.24) is 29.0 Å². The SMILES string of the molecule is C=C/C=C(\N=C)n1c2ccccc2c2nc3nc(Nc4ccc(N5CCN(C)CC5)c(OC)c4)ncc3c(=O)n21. The highest BCUT2D eigenvalue weighted by molar-refractivity contribution is 5.96. The third kappa shape index (κ3) is 4.26. The van der Waals surface area contributed by atoms with Crippen LogP contribution in [0.3, 0.4) is 0 Å². The first-order valence-electron chi connectivity index (χ1n) is 12.9. The number of hydrogen-bond acceptors (Lipinski definition) is 9. The lowest BCUT2D eigenvalue weighted by molar-refractivity contribution is 0.311. The topological polar surface area (TPSA) is 105 Å². The van der Waals surface area contributed by atoms with Gasteiger partial charge in [0.1, 0.15) is 11.1 Å². The number of piperazine rings is 1. The van der Waals surface area contributed by atoms with Crippen molar-refractivity contribution in [1.29, 1.82) is 0 Å². The van der Waals surface area contributed by atoms with Crippen molar-refractivity contribution < 1.29 is 4.74 Å². The van der Waals surface area contributed by atoms with Gasteiger partial charge in [-0.2, -0.15) is 9.50 Å². The van der Waals surface area contributed by atoms with E-state index in [1.54, 1.807) is 23.9 Å². The lowest BCUT2D eigenvalue weighted by Crippen LogP contribution is -2.44. The van der Waals surface area contributed by atoms with Gasteiger partial charge in [-0.15, -0.1) is 0 Å². The van der Waals surface area contributed by atoms with Crippen molar-refractivity contribution >= 4 is 57.4 Å². The van der Waals surface area contributed by atoms with Crippen LogP contribution in [0.2, 0.25) is 0 Å². The third-order valence-corrected chi connectivity index (χ3v) is 7.10. The molecular weight excluding hydrogens is 506 g/mol. The van der Waals surface area contributed by atoms with Gasteiger partial charge in [-0.3, -0.25) is 4.79 Å². The average Bonchev–Trinajstić information content (AvgIpc) is 3.30. The maximum Gasteiger partial charge on any atom is 0.284 e. The van der Waals surface area contributed by atoms with Crippen LogP contribution in [0.5, 0.6) is 5.75 Å². The molecule has 1 N–H and O–H groups in total. The van der Waals surface area contributed by atoms with Crippen LogP contribution >= 0.6 is 0 Å². The number of para-hydroxylation sites is 1. The van der Waals surface area contributed by atoms with Gasteiger partial charge in [0.25, 0.3) is 5.56 Å². The van der Waals surface area contributed by atoms with E-state index in [4.69, 9.17) is 9.72 Å². The number of allylic oxidation sites excluding steroid dienone is 2. The molecule has 11 nitrogen and oxygen atoms in total. The highest BCUT2D eigenvalue weighted by atomic mass is 16.5. The molecule has 3 aromatic heterocycles. The van der Waals surface area contributed by atoms with Gasteiger partial charge in [-0.1, -0.05) is 24.8 Å². The van der Waals surface area contributed by atoms with Crippen LogP contribution in [0, 0.1) is 0 Å². The fraction of sp³-hybridized carbons (Fsp3) is 0.207. The van der Waals surface area contributed by atoms with Crippen LogP contribution in [0.1, 0.15) is 0 Å². The molecule has 1 saturated heterocycles. The monoisotopic (exact) mass is 535 g/mol. The highest BCUT2D eigenvalue weighted by Crippen LogP contribution is 2.33. The smallest absolute Gasteiger partial charge is 0.284 e. The van der Waals surface area contributed by atoms with E-state index in [1.807, 2.05) is 42.5 Å². The molecule has 0 spiro atoms. The van der Waals surface area contributed by atoms with Crippen LogP contribution in [0.4, 0.5) is 17.3 Å². The van der Waals surface area contributed by atoms with Gasteiger partial charge in [0.2, 0.25) is 5.95 Å². The summed E-state index contributed by atoms with van der Waals surface area (Å²) >= 11 is 0. The summed E-state index contributed by atoms with van der Waals surface area (Å²) in [5, 5.41) is 4.29. The zero-order valence-corrected chi connectivity index (χ0v) is 22.4. The van der Waals surface area contributed by atoms with E-state index in [-0.39, 0.29) is 16.6 Å². The molecule has 0 radical (unpaired) electrons. The predicted octanol–water partition coefficient (Wildman–Crippen LogP) is 3.78. The summed E-state index contributed by atoms with van der Waals surface area (Å²) < 4.78 is 8.85. The Balaban J connectivity index is 1.41. The number of rotatable bonds is 7. The molecule has 0 atom stereocenters. The van der Waals surface area contributed by atoms with E-state index in [1.165, 1.54) is 10.7 Å². The minimum absolute atomic E-state index is 0.275. The first kappa shape index (κ1) is 25.3. The molecule has 6 rings (SSSR count). The first-order valence-corrected chi connectivity index (χ1v) is 12.9. The maximum absolute atomic E-state index is 13.7. The largest absolute Gasteiger partial charge is 0.495 e. The first-order chi connectivity index (χ1) is 19.5. The van der Waals surface area contributed by atoms with Crippen molar-refractivity contribution in [3.63, 3.8) is 0 Å². The molecule has 1 fully saturated rings. The molecule has 1 aliphatic heterocycles. The van der Waals surface area contributed by atoms with Crippen LogP contribution in [-0.2, 0) is 0 Å². The second-order valence-electron chi connectivity index (χ2n) is 9.53. The van der Waals surface area contributed by atoms with Crippen molar-refractivity contribution in [2.45, 2.75) is 0 Å². The van der Waals surface area contributed by atoms with E-state index in [2.05, 4.69) is 50.4 Å². The van der Waals surface area contributed by atoms with Gasteiger partial charge in [-0.05, 0) is 44.1 Å². The number of nitrogens with zero attached hydrogens (tertiary/aromatic N) is 8. The fourth-order valence-corrected chi connectivity index (χ4v) is 5.06. The Labute approximate surface area is 230 Å². The van der Waals surface area contributed by atoms with Crippen molar-refractivity contribution in [2.24, 2.45) is 4.99 Å². The number of aliphatic imine (C=N–C) groups is 1. The van der Waals surface area contributed by atoms with E-state index >= 15 is 0 Å². The van der Waals surface area contributed by atoms with Crippen LogP contribution in [-0.4, -0.2) is 76.1 Å². The Bertz CT molecular complexity index is 1860. The summed E-state index contributed by atoms with van der Waals surface area (Å²) in [6, 6.07) is 13.5. The minimum Gasteiger partial charge on any atom is -0.495 e. The van der Waals surface area contributed by atoms with E-state index in [0.717, 1.165) is 54.2 Å². The number of hydrogen-bond donors (Lipinski definition) is 1. The molecule has 0 amide bonds. The maximum atomic E-state index is 13.7. The number of methoxy groups -OCH3 is 1. The number of aromatic nitrogens is 5. The summed E-state index contributed by atoms with van der Waals surface area (Å²) in [5.74, 6) is 1.53. The van der Waals surface area contributed by atoms with Gasteiger partial charge < -0.3 is 19.9 Å². The van der Waals surface area contributed by atoms with Gasteiger partial charge in [-0.25, -0.2) is 19.6 Å². The van der Waals surface area contributed by atoms with Gasteiger partial charge in [0, 0.05) is 49.5 Å². The lowest BCUT2D eigenvalue weighted by atomic mass is 10.2. The molecule has 1 aliphatic rings. The second-order valence-corrected chi connectivity index (χ2v) is 9.53. The molecule has 5 aromatic rings. The number of benzene rings is 2. The zero-order valence-electron chi connectivity index (χ0n) is 22.4. The Morgan fingerprint density at radius 1 is 1.10 bits per heavy atom. The van der Waals surface area contributed by atoms with Crippen molar-refractivity contribution in [2.75, 3.05) is 50.6 Å². The van der Waals surface area contributed by atoms with E-state index in [0.29, 0.717) is 17.4 Å². The number of likely N-dealkylation sites (N-methyl/N-ethyl adjacent to an activating group) is 1. The number of ether oxygens (including phenoxy) is 1. The van der Waals surface area contributed by atoms with Crippen LogP contribution in [0.15, 0.2) is 77.2 Å². The molecule has 4 heterocycles. The Kier molecular flexibility index (Phi) is 6.48. The van der Waals surface area contributed by atoms with E-state index in [9.17, 15) is 4.79 Å². The Hall–Kier alpha value is -5.03. The average molecular weight is 536 g/mol. The molecule has 0 bridgehead atoms. The molecule has 0 saturated carbocycles. The molecule has 202 valence electrons. The predicted molar refractivity (Wildman–Crippen MR) is 160 cm³/mol. The summed E-state index contributed by atoms with van der Waals surface area (Å²) in [6.45, 7) is 11.3. The molecule has 11 heteroatoms. The van der Waals surface area contributed by atoms with E-state index < -0.39 is 0 Å². The summed E-state index contributed by atoms with van der Waals surface area (Å²) in [7, 11) is 3.80. The summed E-state index contributed by atoms with van der Waals surface area (Å²) in [5.41, 5.74) is 2.98. The van der Waals surface area contributed by atoms with Gasteiger partial charge in [0.05, 0.1) is 18.3 Å². The van der Waals surface area contributed by atoms with Gasteiger partial charge in [0.15, 0.2) is 17.1 Å². The fourth-order valence-electron chi connectivity index (χ4n) is 5.06. The molecule has 0 unspecified atom stereocenters. The van der Waals surface area contributed by atoms with Crippen LogP contribution < -0.4 is 20.5 Å². The molecular formula is C29H29N9O2. The summed E-state index contributed by atoms with van der Waals surface area (Å²) in [6.07, 6.45) is 4.77. The molecule has 40 heavy (non-hydrogen) atoms. The quantitative estimate of drug-likeness (QED) is 0.248. The standard InChI is InChI=1S/C29H29N9O2/c1-5-8-25(30-2)37-22-10-7-6-9-20(22)27-33-26-21(28(39)38(27)37)18-31-29(34-26)32-19-11-12-23(24(17-19)40-4)36-15-13-35(3)14-16-36/h5-12,17-18H,1-2,13-16H2,3-4H3,(H,31,32,34)/b25-8+. The number of nitrogens with one attached hydrogen (secondary N) is 1. The molecule has 0 aliphatic carbocycles. The summed E-state index contributed by atoms with van der Waals surface area (Å²) in [4.78, 5) is 36.3. The highest BCUT2D eigenvalue weighted by Gasteiger charge is 2.20. The zero-order chi connectivity index (χ0) is 27.8.